The van der Waals surface area contributed by atoms with Crippen molar-refractivity contribution >= 4 is 46.3 Å². The Bertz CT molecular complexity index is 817. The Morgan fingerprint density at radius 2 is 1.90 bits per heavy atom. The molecule has 0 radical (unpaired) electrons. The Balaban J connectivity index is 1.71. The largest absolute Gasteiger partial charge is 0.323 e. The number of hydrogen-bond acceptors (Lipinski definition) is 3. The number of carbonyl (C=O) groups excluding carboxylic acids is 1. The molecule has 0 aliphatic rings. The third kappa shape index (κ3) is 3.07. The molecule has 21 heavy (non-hydrogen) atoms. The van der Waals surface area contributed by atoms with Crippen LogP contribution in [0.4, 0.5) is 16.2 Å². The summed E-state index contributed by atoms with van der Waals surface area (Å²) < 4.78 is 1.56. The van der Waals surface area contributed by atoms with Crippen LogP contribution in [0.2, 0.25) is 10.0 Å². The minimum atomic E-state index is -0.415. The number of carbonyl (C=O) groups is 1. The summed E-state index contributed by atoms with van der Waals surface area (Å²) in [6, 6.07) is 6.18. The highest BCUT2D eigenvalue weighted by Crippen LogP contribution is 2.25. The van der Waals surface area contributed by atoms with E-state index >= 15 is 0 Å². The van der Waals surface area contributed by atoms with Gasteiger partial charge in [-0.2, -0.15) is 5.10 Å². The van der Waals surface area contributed by atoms with Crippen molar-refractivity contribution in [3.63, 3.8) is 0 Å². The highest BCUT2D eigenvalue weighted by Gasteiger charge is 2.06. The lowest BCUT2D eigenvalue weighted by molar-refractivity contribution is 0.262. The molecule has 0 aliphatic carbocycles. The fourth-order valence-corrected chi connectivity index (χ4v) is 2.04. The van der Waals surface area contributed by atoms with Gasteiger partial charge in [-0.25, -0.2) is 14.3 Å². The summed E-state index contributed by atoms with van der Waals surface area (Å²) in [7, 11) is 0. The van der Waals surface area contributed by atoms with Gasteiger partial charge in [0, 0.05) is 11.8 Å². The van der Waals surface area contributed by atoms with Crippen molar-refractivity contribution < 1.29 is 4.79 Å². The molecule has 0 fully saturated rings. The van der Waals surface area contributed by atoms with Crippen molar-refractivity contribution in [2.75, 3.05) is 10.6 Å². The Hall–Kier alpha value is -2.31. The summed E-state index contributed by atoms with van der Waals surface area (Å²) in [5.74, 6) is 0. The molecule has 0 saturated carbocycles. The summed E-state index contributed by atoms with van der Waals surface area (Å²) >= 11 is 11.7. The molecule has 0 aliphatic heterocycles. The Morgan fingerprint density at radius 1 is 1.10 bits per heavy atom. The third-order valence-electron chi connectivity index (χ3n) is 2.68. The van der Waals surface area contributed by atoms with Crippen LogP contribution in [0.1, 0.15) is 0 Å². The van der Waals surface area contributed by atoms with Gasteiger partial charge in [-0.05, 0) is 18.2 Å². The van der Waals surface area contributed by atoms with Gasteiger partial charge in [0.25, 0.3) is 0 Å². The van der Waals surface area contributed by atoms with Gasteiger partial charge in [0.2, 0.25) is 0 Å². The number of anilines is 2. The van der Waals surface area contributed by atoms with E-state index in [1.54, 1.807) is 47.4 Å². The van der Waals surface area contributed by atoms with Crippen LogP contribution in [0.3, 0.4) is 0 Å². The quantitative estimate of drug-likeness (QED) is 0.756. The molecule has 106 valence electrons. The fraction of sp³-hybridized carbons (Fsp3) is 0. The van der Waals surface area contributed by atoms with Crippen LogP contribution in [0.25, 0.3) is 5.65 Å². The van der Waals surface area contributed by atoms with Crippen LogP contribution in [0, 0.1) is 0 Å². The van der Waals surface area contributed by atoms with E-state index in [0.29, 0.717) is 27.1 Å². The molecular formula is C13H9Cl2N5O. The first-order valence-corrected chi connectivity index (χ1v) is 6.70. The molecule has 0 spiro atoms. The first-order valence-electron chi connectivity index (χ1n) is 5.94. The third-order valence-corrected chi connectivity index (χ3v) is 3.42. The van der Waals surface area contributed by atoms with Crippen LogP contribution >= 0.6 is 23.2 Å². The van der Waals surface area contributed by atoms with E-state index in [0.717, 1.165) is 0 Å². The Morgan fingerprint density at radius 3 is 2.71 bits per heavy atom. The van der Waals surface area contributed by atoms with Crippen LogP contribution < -0.4 is 10.6 Å². The maximum Gasteiger partial charge on any atom is 0.323 e. The minimum absolute atomic E-state index is 0.370. The number of benzene rings is 1. The van der Waals surface area contributed by atoms with Crippen molar-refractivity contribution in [3.8, 4) is 0 Å². The number of rotatable bonds is 2. The summed E-state index contributed by atoms with van der Waals surface area (Å²) in [5, 5.41) is 10.1. The van der Waals surface area contributed by atoms with Gasteiger partial charge in [0.1, 0.15) is 0 Å². The van der Waals surface area contributed by atoms with Gasteiger partial charge in [-0.1, -0.05) is 23.2 Å². The van der Waals surface area contributed by atoms with Crippen molar-refractivity contribution in [3.05, 3.63) is 52.9 Å². The van der Waals surface area contributed by atoms with Gasteiger partial charge in [0.15, 0.2) is 5.65 Å². The lowest BCUT2D eigenvalue weighted by Crippen LogP contribution is -2.19. The molecule has 0 saturated heterocycles. The van der Waals surface area contributed by atoms with E-state index in [4.69, 9.17) is 23.2 Å². The second kappa shape index (κ2) is 5.59. The van der Waals surface area contributed by atoms with Crippen LogP contribution in [0.15, 0.2) is 42.9 Å². The van der Waals surface area contributed by atoms with E-state index in [1.807, 2.05) is 0 Å². The molecule has 3 rings (SSSR count). The van der Waals surface area contributed by atoms with Crippen LogP contribution in [-0.2, 0) is 0 Å². The number of fused-ring (bicyclic) bond motifs is 1. The summed E-state index contributed by atoms with van der Waals surface area (Å²) in [4.78, 5) is 16.0. The molecule has 0 unspecified atom stereocenters. The van der Waals surface area contributed by atoms with E-state index < -0.39 is 6.03 Å². The number of amides is 2. The number of urea groups is 1. The first-order chi connectivity index (χ1) is 10.1. The highest BCUT2D eigenvalue weighted by molar-refractivity contribution is 6.42. The van der Waals surface area contributed by atoms with E-state index in [-0.39, 0.29) is 0 Å². The number of halogens is 2. The monoisotopic (exact) mass is 321 g/mol. The van der Waals surface area contributed by atoms with E-state index in [2.05, 4.69) is 20.7 Å². The molecule has 2 amide bonds. The Kier molecular flexibility index (Phi) is 3.64. The zero-order valence-electron chi connectivity index (χ0n) is 10.5. The van der Waals surface area contributed by atoms with Gasteiger partial charge < -0.3 is 10.6 Å². The molecule has 8 heteroatoms. The molecule has 3 aromatic rings. The van der Waals surface area contributed by atoms with Crippen molar-refractivity contribution in [1.29, 1.82) is 0 Å². The van der Waals surface area contributed by atoms with Crippen molar-refractivity contribution in [2.45, 2.75) is 0 Å². The molecule has 1 aromatic carbocycles. The zero-order valence-corrected chi connectivity index (χ0v) is 12.1. The average Bonchev–Trinajstić information content (AvgIpc) is 2.90. The maximum absolute atomic E-state index is 11.9. The number of nitrogens with zero attached hydrogens (tertiary/aromatic N) is 3. The normalized spacial score (nSPS) is 10.6. The van der Waals surface area contributed by atoms with Crippen LogP contribution in [0.5, 0.6) is 0 Å². The molecule has 2 N–H and O–H groups in total. The first kappa shape index (κ1) is 13.7. The smallest absolute Gasteiger partial charge is 0.308 e. The zero-order chi connectivity index (χ0) is 14.8. The standard InChI is InChI=1S/C13H9Cl2N5O/c14-10-2-1-8(5-11(10)15)18-13(21)19-9-6-16-12-3-4-17-20(12)7-9/h1-7H,(H2,18,19,21). The van der Waals surface area contributed by atoms with Gasteiger partial charge >= 0.3 is 6.03 Å². The predicted molar refractivity (Wildman–Crippen MR) is 82.1 cm³/mol. The SMILES string of the molecule is O=C(Nc1ccc(Cl)c(Cl)c1)Nc1cnc2ccnn2c1. The Labute approximate surface area is 129 Å². The molecule has 6 nitrogen and oxygen atoms in total. The second-order valence-corrected chi connectivity index (χ2v) is 5.00. The van der Waals surface area contributed by atoms with Crippen molar-refractivity contribution in [2.24, 2.45) is 0 Å². The topological polar surface area (TPSA) is 71.3 Å². The fourth-order valence-electron chi connectivity index (χ4n) is 1.74. The predicted octanol–water partition coefficient (Wildman–Crippen LogP) is 3.68. The average molecular weight is 322 g/mol. The minimum Gasteiger partial charge on any atom is -0.308 e. The molecular weight excluding hydrogens is 313 g/mol. The maximum atomic E-state index is 11.9. The number of hydrogen-bond donors (Lipinski definition) is 2. The van der Waals surface area contributed by atoms with E-state index in [9.17, 15) is 4.79 Å². The molecule has 0 bridgehead atoms. The van der Waals surface area contributed by atoms with Gasteiger partial charge in [0.05, 0.1) is 34.3 Å². The summed E-state index contributed by atoms with van der Waals surface area (Å²) in [5.41, 5.74) is 1.75. The second-order valence-electron chi connectivity index (χ2n) is 4.18. The van der Waals surface area contributed by atoms with E-state index in [1.165, 1.54) is 0 Å². The molecule has 2 heterocycles. The lowest BCUT2D eigenvalue weighted by Gasteiger charge is -2.08. The summed E-state index contributed by atoms with van der Waals surface area (Å²) in [6.07, 6.45) is 4.84. The number of aromatic nitrogens is 3. The van der Waals surface area contributed by atoms with Crippen molar-refractivity contribution in [1.82, 2.24) is 14.6 Å². The lowest BCUT2D eigenvalue weighted by atomic mass is 10.3. The molecule has 2 aromatic heterocycles. The summed E-state index contributed by atoms with van der Waals surface area (Å²) in [6.45, 7) is 0. The van der Waals surface area contributed by atoms with Crippen LogP contribution in [-0.4, -0.2) is 20.6 Å². The van der Waals surface area contributed by atoms with Gasteiger partial charge in [-0.15, -0.1) is 0 Å². The van der Waals surface area contributed by atoms with Gasteiger partial charge in [-0.3, -0.25) is 0 Å². The number of nitrogens with one attached hydrogen (secondary N) is 2. The highest BCUT2D eigenvalue weighted by atomic mass is 35.5. The molecule has 0 atom stereocenters.